The van der Waals surface area contributed by atoms with Crippen molar-refractivity contribution in [1.29, 1.82) is 0 Å². The van der Waals surface area contributed by atoms with Crippen molar-refractivity contribution in [3.63, 3.8) is 0 Å². The van der Waals surface area contributed by atoms with E-state index in [4.69, 9.17) is 20.9 Å². The maximum absolute atomic E-state index is 14.3. The van der Waals surface area contributed by atoms with Crippen LogP contribution < -0.4 is 5.32 Å². The number of aromatic nitrogens is 1. The van der Waals surface area contributed by atoms with E-state index >= 15 is 0 Å². The quantitative estimate of drug-likeness (QED) is 0.465. The van der Waals surface area contributed by atoms with Crippen LogP contribution in [-0.2, 0) is 16.0 Å². The molecule has 1 aliphatic heterocycles. The van der Waals surface area contributed by atoms with Gasteiger partial charge in [0.15, 0.2) is 12.4 Å². The number of aryl methyl sites for hydroxylation is 2. The van der Waals surface area contributed by atoms with E-state index in [1.807, 2.05) is 0 Å². The SMILES string of the molecule is Cc1onc(-c2c(F)cccc2Cl)c1C(=O)OCC(=O)c1ccc2c(c1)CCC(=O)N2. The molecule has 1 aromatic heterocycles. The number of Topliss-reactive ketones (excluding diaryl/α,β-unsaturated/α-hetero) is 1. The first-order valence-corrected chi connectivity index (χ1v) is 9.76. The Bertz CT molecular complexity index is 1200. The van der Waals surface area contributed by atoms with Crippen LogP contribution in [0.25, 0.3) is 11.3 Å². The number of ketones is 1. The van der Waals surface area contributed by atoms with E-state index in [0.29, 0.717) is 24.1 Å². The number of rotatable bonds is 5. The zero-order chi connectivity index (χ0) is 22.1. The first kappa shape index (κ1) is 20.7. The van der Waals surface area contributed by atoms with Crippen LogP contribution in [0.2, 0.25) is 5.02 Å². The summed E-state index contributed by atoms with van der Waals surface area (Å²) < 4.78 is 24.5. The van der Waals surface area contributed by atoms with Gasteiger partial charge in [-0.1, -0.05) is 22.8 Å². The minimum atomic E-state index is -0.883. The van der Waals surface area contributed by atoms with Crippen molar-refractivity contribution < 1.29 is 28.0 Å². The third kappa shape index (κ3) is 4.06. The predicted octanol–water partition coefficient (Wildman–Crippen LogP) is 4.37. The topological polar surface area (TPSA) is 98.5 Å². The second-order valence-corrected chi connectivity index (χ2v) is 7.39. The third-order valence-corrected chi connectivity index (χ3v) is 5.24. The Balaban J connectivity index is 1.52. The lowest BCUT2D eigenvalue weighted by molar-refractivity contribution is -0.116. The highest BCUT2D eigenvalue weighted by Crippen LogP contribution is 2.33. The largest absolute Gasteiger partial charge is 0.454 e. The number of benzene rings is 2. The maximum atomic E-state index is 14.3. The second-order valence-electron chi connectivity index (χ2n) is 6.98. The van der Waals surface area contributed by atoms with Crippen LogP contribution in [0.1, 0.15) is 38.5 Å². The number of carbonyl (C=O) groups is 3. The standard InChI is InChI=1S/C22H16ClFN2O5/c1-11-19(21(26-31-11)20-14(23)3-2-4-15(20)24)22(29)30-10-17(27)13-5-7-16-12(9-13)6-8-18(28)25-16/h2-5,7,9H,6,8,10H2,1H3,(H,25,28). The van der Waals surface area contributed by atoms with Gasteiger partial charge < -0.3 is 14.6 Å². The van der Waals surface area contributed by atoms with E-state index < -0.39 is 24.2 Å². The van der Waals surface area contributed by atoms with Crippen molar-refractivity contribution in [2.45, 2.75) is 19.8 Å². The predicted molar refractivity (Wildman–Crippen MR) is 110 cm³/mol. The second kappa shape index (κ2) is 8.31. The van der Waals surface area contributed by atoms with E-state index in [2.05, 4.69) is 10.5 Å². The van der Waals surface area contributed by atoms with Crippen LogP contribution in [0.15, 0.2) is 40.9 Å². The molecular formula is C22H16ClFN2O5. The van der Waals surface area contributed by atoms with E-state index in [-0.39, 0.29) is 33.5 Å². The van der Waals surface area contributed by atoms with Gasteiger partial charge in [0, 0.05) is 17.7 Å². The van der Waals surface area contributed by atoms with Crippen molar-refractivity contribution in [1.82, 2.24) is 5.16 Å². The molecule has 0 atom stereocenters. The van der Waals surface area contributed by atoms with Crippen LogP contribution in [0, 0.1) is 12.7 Å². The molecule has 1 amide bonds. The summed E-state index contributed by atoms with van der Waals surface area (Å²) in [5.41, 5.74) is 1.56. The molecule has 0 bridgehead atoms. The molecular weight excluding hydrogens is 427 g/mol. The molecule has 2 aromatic carbocycles. The smallest absolute Gasteiger partial charge is 0.344 e. The van der Waals surface area contributed by atoms with Gasteiger partial charge in [0.2, 0.25) is 5.91 Å². The van der Waals surface area contributed by atoms with Gasteiger partial charge in [-0.15, -0.1) is 0 Å². The Labute approximate surface area is 181 Å². The number of carbonyl (C=O) groups excluding carboxylic acids is 3. The van der Waals surface area contributed by atoms with Crippen LogP contribution in [0.4, 0.5) is 10.1 Å². The molecule has 0 fully saturated rings. The Hall–Kier alpha value is -3.52. The number of fused-ring (bicyclic) bond motifs is 1. The van der Waals surface area contributed by atoms with Crippen LogP contribution in [0.5, 0.6) is 0 Å². The lowest BCUT2D eigenvalue weighted by atomic mass is 9.99. The number of hydrogen-bond donors (Lipinski definition) is 1. The molecule has 0 aliphatic carbocycles. The summed E-state index contributed by atoms with van der Waals surface area (Å²) in [6.07, 6.45) is 0.864. The molecule has 1 aliphatic rings. The molecule has 4 rings (SSSR count). The van der Waals surface area contributed by atoms with Crippen molar-refractivity contribution in [2.75, 3.05) is 11.9 Å². The highest BCUT2D eigenvalue weighted by molar-refractivity contribution is 6.33. The molecule has 3 aromatic rings. The number of esters is 1. The summed E-state index contributed by atoms with van der Waals surface area (Å²) in [4.78, 5) is 36.6. The zero-order valence-corrected chi connectivity index (χ0v) is 17.1. The monoisotopic (exact) mass is 442 g/mol. The summed E-state index contributed by atoms with van der Waals surface area (Å²) in [5.74, 6) is -1.95. The number of anilines is 1. The molecule has 2 heterocycles. The van der Waals surface area contributed by atoms with Gasteiger partial charge in [-0.05, 0) is 49.2 Å². The van der Waals surface area contributed by atoms with Crippen LogP contribution in [-0.4, -0.2) is 29.4 Å². The van der Waals surface area contributed by atoms with Crippen molar-refractivity contribution >= 4 is 34.9 Å². The lowest BCUT2D eigenvalue weighted by Gasteiger charge is -2.17. The average molecular weight is 443 g/mol. The molecule has 0 spiro atoms. The first-order chi connectivity index (χ1) is 14.8. The lowest BCUT2D eigenvalue weighted by Crippen LogP contribution is -2.20. The number of hydrogen-bond acceptors (Lipinski definition) is 6. The fraction of sp³-hybridized carbons (Fsp3) is 0.182. The molecule has 1 N–H and O–H groups in total. The van der Waals surface area contributed by atoms with Crippen LogP contribution in [0.3, 0.4) is 0 Å². The molecule has 0 radical (unpaired) electrons. The molecule has 0 saturated carbocycles. The fourth-order valence-electron chi connectivity index (χ4n) is 3.35. The van der Waals surface area contributed by atoms with E-state index in [1.165, 1.54) is 25.1 Å². The summed E-state index contributed by atoms with van der Waals surface area (Å²) in [6.45, 7) is 0.945. The van der Waals surface area contributed by atoms with Crippen molar-refractivity contribution in [3.8, 4) is 11.3 Å². The van der Waals surface area contributed by atoms with Crippen LogP contribution >= 0.6 is 11.6 Å². The molecule has 31 heavy (non-hydrogen) atoms. The van der Waals surface area contributed by atoms with Gasteiger partial charge in [0.1, 0.15) is 22.8 Å². The fourth-order valence-corrected chi connectivity index (χ4v) is 3.60. The van der Waals surface area contributed by atoms with Gasteiger partial charge in [0.25, 0.3) is 0 Å². The minimum absolute atomic E-state index is 0.0552. The Morgan fingerprint density at radius 1 is 1.26 bits per heavy atom. The molecule has 9 heteroatoms. The van der Waals surface area contributed by atoms with Crippen molar-refractivity contribution in [2.24, 2.45) is 0 Å². The third-order valence-electron chi connectivity index (χ3n) is 4.92. The number of amides is 1. The van der Waals surface area contributed by atoms with E-state index in [0.717, 1.165) is 5.56 Å². The Morgan fingerprint density at radius 2 is 2.06 bits per heavy atom. The van der Waals surface area contributed by atoms with Gasteiger partial charge in [-0.3, -0.25) is 9.59 Å². The highest BCUT2D eigenvalue weighted by Gasteiger charge is 2.27. The summed E-state index contributed by atoms with van der Waals surface area (Å²) in [7, 11) is 0. The first-order valence-electron chi connectivity index (χ1n) is 9.39. The van der Waals surface area contributed by atoms with Gasteiger partial charge >= 0.3 is 5.97 Å². The Morgan fingerprint density at radius 3 is 2.84 bits per heavy atom. The van der Waals surface area contributed by atoms with Gasteiger partial charge in [-0.25, -0.2) is 9.18 Å². The van der Waals surface area contributed by atoms with E-state index in [9.17, 15) is 18.8 Å². The van der Waals surface area contributed by atoms with E-state index in [1.54, 1.807) is 18.2 Å². The van der Waals surface area contributed by atoms with Gasteiger partial charge in [0.05, 0.1) is 10.6 Å². The van der Waals surface area contributed by atoms with Gasteiger partial charge in [-0.2, -0.15) is 0 Å². The Kier molecular flexibility index (Phi) is 5.56. The average Bonchev–Trinajstić information content (AvgIpc) is 3.12. The highest BCUT2D eigenvalue weighted by atomic mass is 35.5. The number of nitrogens with one attached hydrogen (secondary N) is 1. The molecule has 7 nitrogen and oxygen atoms in total. The minimum Gasteiger partial charge on any atom is -0.454 e. The number of ether oxygens (including phenoxy) is 1. The maximum Gasteiger partial charge on any atom is 0.344 e. The number of nitrogens with zero attached hydrogens (tertiary/aromatic N) is 1. The zero-order valence-electron chi connectivity index (χ0n) is 16.3. The molecule has 0 saturated heterocycles. The summed E-state index contributed by atoms with van der Waals surface area (Å²) >= 11 is 6.07. The molecule has 158 valence electrons. The summed E-state index contributed by atoms with van der Waals surface area (Å²) in [5, 5.41) is 6.54. The normalized spacial score (nSPS) is 12.8. The number of halogens is 2. The molecule has 0 unspecified atom stereocenters. The van der Waals surface area contributed by atoms with Crippen molar-refractivity contribution in [3.05, 3.63) is 69.7 Å². The summed E-state index contributed by atoms with van der Waals surface area (Å²) in [6, 6.07) is 8.93.